The molecule has 2 aliphatic carbocycles. The molecule has 0 heterocycles. The number of aliphatic hydroxyl groups excluding tert-OH is 1. The van der Waals surface area contributed by atoms with Crippen LogP contribution in [0.3, 0.4) is 0 Å². The first-order valence-electron chi connectivity index (χ1n) is 11.4. The molecule has 0 bridgehead atoms. The summed E-state index contributed by atoms with van der Waals surface area (Å²) in [5, 5.41) is 14.6. The molecule has 2 fully saturated rings. The van der Waals surface area contributed by atoms with Gasteiger partial charge in [0, 0.05) is 38.6 Å². The maximum absolute atomic E-state index is 12.9. The van der Waals surface area contributed by atoms with E-state index in [0.717, 1.165) is 25.7 Å². The minimum Gasteiger partial charge on any atom is -0.392 e. The fourth-order valence-corrected chi connectivity index (χ4v) is 5.98. The molecular formula is C23H42N2O4. The topological polar surface area (TPSA) is 78.9 Å². The van der Waals surface area contributed by atoms with E-state index in [0.29, 0.717) is 26.1 Å². The summed E-state index contributed by atoms with van der Waals surface area (Å²) in [7, 11) is 1.60. The Bertz CT molecular complexity index is 565. The van der Waals surface area contributed by atoms with Gasteiger partial charge >= 0.3 is 0 Å². The van der Waals surface area contributed by atoms with Gasteiger partial charge in [0.05, 0.1) is 12.7 Å². The Morgan fingerprint density at radius 3 is 2.45 bits per heavy atom. The fraction of sp³-hybridized carbons (Fsp3) is 0.913. The van der Waals surface area contributed by atoms with Gasteiger partial charge in [-0.3, -0.25) is 9.59 Å². The maximum Gasteiger partial charge on any atom is 0.225 e. The van der Waals surface area contributed by atoms with Crippen LogP contribution in [0.2, 0.25) is 0 Å². The highest BCUT2D eigenvalue weighted by molar-refractivity contribution is 5.79. The van der Waals surface area contributed by atoms with Gasteiger partial charge in [-0.05, 0) is 62.7 Å². The van der Waals surface area contributed by atoms with Gasteiger partial charge in [-0.15, -0.1) is 0 Å². The number of methoxy groups -OCH3 is 1. The van der Waals surface area contributed by atoms with E-state index < -0.39 is 6.10 Å². The van der Waals surface area contributed by atoms with Crippen molar-refractivity contribution in [1.29, 1.82) is 0 Å². The summed E-state index contributed by atoms with van der Waals surface area (Å²) in [6, 6.07) is 0.0691. The third-order valence-corrected chi connectivity index (χ3v) is 7.87. The van der Waals surface area contributed by atoms with Crippen LogP contribution < -0.4 is 5.32 Å². The Morgan fingerprint density at radius 2 is 1.86 bits per heavy atom. The van der Waals surface area contributed by atoms with Gasteiger partial charge in [-0.2, -0.15) is 0 Å². The van der Waals surface area contributed by atoms with Crippen LogP contribution >= 0.6 is 0 Å². The molecule has 0 aliphatic heterocycles. The van der Waals surface area contributed by atoms with Gasteiger partial charge in [0.15, 0.2) is 0 Å². The number of aliphatic hydroxyl groups is 1. The molecule has 7 atom stereocenters. The Hall–Kier alpha value is -1.14. The van der Waals surface area contributed by atoms with Crippen molar-refractivity contribution in [3.8, 4) is 0 Å². The third kappa shape index (κ3) is 5.13. The number of hydrogen-bond donors (Lipinski definition) is 2. The molecule has 6 heteroatoms. The molecule has 7 unspecified atom stereocenters. The highest BCUT2D eigenvalue weighted by Crippen LogP contribution is 2.55. The molecule has 29 heavy (non-hydrogen) atoms. The monoisotopic (exact) mass is 410 g/mol. The first kappa shape index (κ1) is 24.1. The predicted molar refractivity (Wildman–Crippen MR) is 114 cm³/mol. The molecule has 2 aliphatic rings. The lowest BCUT2D eigenvalue weighted by Crippen LogP contribution is -2.58. The standard InChI is InChI=1S/C23H42N2O4/c1-7-25(8-2)22(28)15(3)17-9-12-23(5)13-10-18(16(4)20(23)21(17)27)24-19(26)11-14-29-6/h15-18,20-21,27H,7-14H2,1-6H3,(H,24,26). The Labute approximate surface area is 176 Å². The summed E-state index contributed by atoms with van der Waals surface area (Å²) >= 11 is 0. The molecular weight excluding hydrogens is 368 g/mol. The van der Waals surface area contributed by atoms with Crippen LogP contribution in [0.5, 0.6) is 0 Å². The molecule has 0 spiro atoms. The maximum atomic E-state index is 12.9. The zero-order chi connectivity index (χ0) is 21.8. The largest absolute Gasteiger partial charge is 0.392 e. The van der Waals surface area contributed by atoms with Crippen LogP contribution in [0.25, 0.3) is 0 Å². The van der Waals surface area contributed by atoms with E-state index in [1.54, 1.807) is 7.11 Å². The number of rotatable bonds is 8. The minimum atomic E-state index is -0.517. The van der Waals surface area contributed by atoms with Crippen LogP contribution in [-0.2, 0) is 14.3 Å². The van der Waals surface area contributed by atoms with Crippen LogP contribution in [0.4, 0.5) is 0 Å². The molecule has 0 aromatic rings. The molecule has 2 N–H and O–H groups in total. The van der Waals surface area contributed by atoms with Gasteiger partial charge in [-0.1, -0.05) is 20.8 Å². The van der Waals surface area contributed by atoms with Crippen molar-refractivity contribution in [1.82, 2.24) is 10.2 Å². The average Bonchev–Trinajstić information content (AvgIpc) is 2.69. The number of nitrogens with zero attached hydrogens (tertiary/aromatic N) is 1. The Balaban J connectivity index is 2.13. The quantitative estimate of drug-likeness (QED) is 0.645. The van der Waals surface area contributed by atoms with Crippen LogP contribution in [0.15, 0.2) is 0 Å². The number of hydrogen-bond acceptors (Lipinski definition) is 4. The van der Waals surface area contributed by atoms with Crippen molar-refractivity contribution >= 4 is 11.8 Å². The lowest BCUT2D eigenvalue weighted by molar-refractivity contribution is -0.150. The van der Waals surface area contributed by atoms with Crippen LogP contribution in [-0.4, -0.2) is 60.8 Å². The number of amides is 2. The third-order valence-electron chi connectivity index (χ3n) is 7.87. The van der Waals surface area contributed by atoms with E-state index in [2.05, 4.69) is 19.2 Å². The highest BCUT2D eigenvalue weighted by Gasteiger charge is 2.54. The summed E-state index contributed by atoms with van der Waals surface area (Å²) in [5.74, 6) is 0.225. The molecule has 0 aromatic carbocycles. The van der Waals surface area contributed by atoms with E-state index >= 15 is 0 Å². The highest BCUT2D eigenvalue weighted by atomic mass is 16.5. The van der Waals surface area contributed by atoms with Gasteiger partial charge < -0.3 is 20.1 Å². The number of ether oxygens (including phenoxy) is 1. The Morgan fingerprint density at radius 1 is 1.24 bits per heavy atom. The van der Waals surface area contributed by atoms with E-state index in [1.165, 1.54) is 0 Å². The van der Waals surface area contributed by atoms with E-state index in [4.69, 9.17) is 4.74 Å². The lowest BCUT2D eigenvalue weighted by atomic mass is 9.51. The second-order valence-corrected chi connectivity index (χ2v) is 9.49. The summed E-state index contributed by atoms with van der Waals surface area (Å²) in [4.78, 5) is 27.0. The van der Waals surface area contributed by atoms with Crippen molar-refractivity contribution in [3.05, 3.63) is 0 Å². The molecule has 6 nitrogen and oxygen atoms in total. The molecule has 2 rings (SSSR count). The summed E-state index contributed by atoms with van der Waals surface area (Å²) < 4.78 is 5.01. The fourth-order valence-electron chi connectivity index (χ4n) is 5.98. The number of carbonyl (C=O) groups is 2. The molecule has 0 radical (unpaired) electrons. The average molecular weight is 411 g/mol. The van der Waals surface area contributed by atoms with Crippen molar-refractivity contribution < 1.29 is 19.4 Å². The first-order valence-corrected chi connectivity index (χ1v) is 11.4. The number of carbonyl (C=O) groups excluding carboxylic acids is 2. The van der Waals surface area contributed by atoms with Crippen LogP contribution in [0, 0.1) is 29.1 Å². The Kier molecular flexibility index (Phi) is 8.53. The van der Waals surface area contributed by atoms with E-state index in [9.17, 15) is 14.7 Å². The SMILES string of the molecule is CCN(CC)C(=O)C(C)C1CCC2(C)CCC(NC(=O)CCOC)C(C)C2C1O. The summed E-state index contributed by atoms with van der Waals surface area (Å²) in [6.07, 6.45) is 3.71. The molecule has 0 aromatic heterocycles. The smallest absolute Gasteiger partial charge is 0.225 e. The van der Waals surface area contributed by atoms with Gasteiger partial charge in [0.25, 0.3) is 0 Å². The van der Waals surface area contributed by atoms with Crippen molar-refractivity contribution in [3.63, 3.8) is 0 Å². The normalized spacial score (nSPS) is 35.5. The summed E-state index contributed by atoms with van der Waals surface area (Å²) in [6.45, 7) is 12.3. The first-order chi connectivity index (χ1) is 13.7. The zero-order valence-electron chi connectivity index (χ0n) is 19.2. The molecule has 2 saturated carbocycles. The van der Waals surface area contributed by atoms with Gasteiger partial charge in [0.2, 0.25) is 11.8 Å². The van der Waals surface area contributed by atoms with E-state index in [-0.39, 0.29) is 46.9 Å². The summed E-state index contributed by atoms with van der Waals surface area (Å²) in [5.41, 5.74) is 0.0705. The second-order valence-electron chi connectivity index (χ2n) is 9.49. The molecule has 0 saturated heterocycles. The van der Waals surface area contributed by atoms with Crippen molar-refractivity contribution in [2.45, 2.75) is 78.9 Å². The minimum absolute atomic E-state index is 0.0132. The van der Waals surface area contributed by atoms with E-state index in [1.807, 2.05) is 25.7 Å². The number of nitrogens with one attached hydrogen (secondary N) is 1. The molecule has 2 amide bonds. The van der Waals surface area contributed by atoms with Gasteiger partial charge in [0.1, 0.15) is 0 Å². The lowest BCUT2D eigenvalue weighted by Gasteiger charge is -2.56. The second kappa shape index (κ2) is 10.3. The number of fused-ring (bicyclic) bond motifs is 1. The van der Waals surface area contributed by atoms with Crippen molar-refractivity contribution in [2.24, 2.45) is 29.1 Å². The molecule has 168 valence electrons. The zero-order valence-corrected chi connectivity index (χ0v) is 19.2. The van der Waals surface area contributed by atoms with Crippen LogP contribution in [0.1, 0.15) is 66.7 Å². The van der Waals surface area contributed by atoms with Crippen molar-refractivity contribution in [2.75, 3.05) is 26.8 Å². The predicted octanol–water partition coefficient (Wildman–Crippen LogP) is 2.84. The van der Waals surface area contributed by atoms with Gasteiger partial charge in [-0.25, -0.2) is 0 Å².